The highest BCUT2D eigenvalue weighted by Crippen LogP contribution is 2.33. The second-order valence-electron chi connectivity index (χ2n) is 5.27. The van der Waals surface area contributed by atoms with Crippen molar-refractivity contribution in [3.05, 3.63) is 77.5 Å². The van der Waals surface area contributed by atoms with Crippen molar-refractivity contribution in [2.75, 3.05) is 14.1 Å². The summed E-state index contributed by atoms with van der Waals surface area (Å²) in [6.45, 7) is 0. The lowest BCUT2D eigenvalue weighted by Gasteiger charge is -2.24. The lowest BCUT2D eigenvalue weighted by atomic mass is 9.90. The summed E-state index contributed by atoms with van der Waals surface area (Å²) in [7, 11) is 3.99. The average Bonchev–Trinajstić information content (AvgIpc) is 2.50. The zero-order chi connectivity index (χ0) is 14.8. The zero-order valence-corrected chi connectivity index (χ0v) is 12.9. The minimum Gasteiger partial charge on any atom is -0.383 e. The predicted molar refractivity (Wildman–Crippen MR) is 89.8 cm³/mol. The van der Waals surface area contributed by atoms with Crippen molar-refractivity contribution in [3.8, 4) is 0 Å². The van der Waals surface area contributed by atoms with E-state index < -0.39 is 0 Å². The molecule has 106 valence electrons. The molecule has 0 radical (unpaired) electrons. The molecule has 0 bridgehead atoms. The summed E-state index contributed by atoms with van der Waals surface area (Å²) < 4.78 is 0. The van der Waals surface area contributed by atoms with Gasteiger partial charge in [-0.05, 0) is 5.56 Å². The second-order valence-corrected chi connectivity index (χ2v) is 5.69. The molecular formula is C18H17ClN2. The van der Waals surface area contributed by atoms with E-state index in [2.05, 4.69) is 24.3 Å². The van der Waals surface area contributed by atoms with Crippen LogP contribution in [0.1, 0.15) is 16.7 Å². The van der Waals surface area contributed by atoms with E-state index in [9.17, 15) is 0 Å². The lowest BCUT2D eigenvalue weighted by Crippen LogP contribution is -2.19. The van der Waals surface area contributed by atoms with Crippen molar-refractivity contribution in [1.82, 2.24) is 4.90 Å². The first-order chi connectivity index (χ1) is 10.2. The van der Waals surface area contributed by atoms with Crippen LogP contribution in [0.2, 0.25) is 0 Å². The minimum atomic E-state index is -0.363. The van der Waals surface area contributed by atoms with E-state index in [0.29, 0.717) is 0 Å². The van der Waals surface area contributed by atoms with Crippen LogP contribution < -0.4 is 0 Å². The maximum absolute atomic E-state index is 6.52. The SMILES string of the molecule is CN(C)C=C1c2ccccc2C(c2ccccc2)=NC1Cl. The van der Waals surface area contributed by atoms with Gasteiger partial charge in [-0.1, -0.05) is 66.2 Å². The number of aliphatic imine (C=N–C) groups is 1. The number of hydrogen-bond donors (Lipinski definition) is 0. The van der Waals surface area contributed by atoms with Gasteiger partial charge in [0, 0.05) is 37.0 Å². The minimum absolute atomic E-state index is 0.363. The Morgan fingerprint density at radius 3 is 2.24 bits per heavy atom. The summed E-state index contributed by atoms with van der Waals surface area (Å²) in [5.74, 6) is 0. The fourth-order valence-corrected chi connectivity index (χ4v) is 2.83. The molecule has 3 rings (SSSR count). The highest BCUT2D eigenvalue weighted by Gasteiger charge is 2.24. The zero-order valence-electron chi connectivity index (χ0n) is 12.1. The highest BCUT2D eigenvalue weighted by molar-refractivity contribution is 6.30. The van der Waals surface area contributed by atoms with E-state index in [1.807, 2.05) is 55.5 Å². The maximum Gasteiger partial charge on any atom is 0.151 e. The first-order valence-electron chi connectivity index (χ1n) is 6.92. The van der Waals surface area contributed by atoms with E-state index in [1.54, 1.807) is 0 Å². The van der Waals surface area contributed by atoms with Crippen LogP contribution in [0.15, 0.2) is 65.8 Å². The number of fused-ring (bicyclic) bond motifs is 1. The first-order valence-corrected chi connectivity index (χ1v) is 7.35. The molecule has 0 fully saturated rings. The lowest BCUT2D eigenvalue weighted by molar-refractivity contribution is 0.564. The second kappa shape index (κ2) is 5.74. The molecule has 0 spiro atoms. The number of nitrogens with zero attached hydrogens (tertiary/aromatic N) is 2. The molecule has 0 aliphatic carbocycles. The van der Waals surface area contributed by atoms with Gasteiger partial charge < -0.3 is 4.90 Å². The molecule has 1 heterocycles. The Hall–Kier alpha value is -2.06. The molecule has 21 heavy (non-hydrogen) atoms. The largest absolute Gasteiger partial charge is 0.383 e. The average molecular weight is 297 g/mol. The molecule has 0 aromatic heterocycles. The van der Waals surface area contributed by atoms with Gasteiger partial charge in [-0.15, -0.1) is 0 Å². The van der Waals surface area contributed by atoms with Crippen LogP contribution in [0, 0.1) is 0 Å². The molecule has 2 aromatic rings. The molecule has 0 N–H and O–H groups in total. The Morgan fingerprint density at radius 2 is 1.57 bits per heavy atom. The molecule has 0 amide bonds. The Bertz CT molecular complexity index is 702. The molecule has 1 aliphatic heterocycles. The topological polar surface area (TPSA) is 15.6 Å². The van der Waals surface area contributed by atoms with E-state index in [-0.39, 0.29) is 5.50 Å². The van der Waals surface area contributed by atoms with E-state index in [0.717, 1.165) is 28.0 Å². The van der Waals surface area contributed by atoms with Crippen LogP contribution in [-0.2, 0) is 0 Å². The highest BCUT2D eigenvalue weighted by atomic mass is 35.5. The van der Waals surface area contributed by atoms with Gasteiger partial charge in [0.25, 0.3) is 0 Å². The maximum atomic E-state index is 6.52. The monoisotopic (exact) mass is 296 g/mol. The van der Waals surface area contributed by atoms with Crippen molar-refractivity contribution in [2.45, 2.75) is 5.50 Å². The van der Waals surface area contributed by atoms with Gasteiger partial charge in [-0.25, -0.2) is 0 Å². The fourth-order valence-electron chi connectivity index (χ4n) is 2.56. The van der Waals surface area contributed by atoms with Crippen LogP contribution in [0.5, 0.6) is 0 Å². The quantitative estimate of drug-likeness (QED) is 0.604. The summed E-state index contributed by atoms with van der Waals surface area (Å²) in [6, 6.07) is 18.5. The third-order valence-electron chi connectivity index (χ3n) is 3.44. The molecule has 1 unspecified atom stereocenters. The Morgan fingerprint density at radius 1 is 0.952 bits per heavy atom. The molecule has 1 aliphatic rings. The van der Waals surface area contributed by atoms with Gasteiger partial charge in [0.05, 0.1) is 5.71 Å². The van der Waals surface area contributed by atoms with Gasteiger partial charge >= 0.3 is 0 Å². The number of halogens is 1. The van der Waals surface area contributed by atoms with Gasteiger partial charge in [-0.2, -0.15) is 0 Å². The van der Waals surface area contributed by atoms with E-state index in [1.165, 1.54) is 0 Å². The van der Waals surface area contributed by atoms with E-state index in [4.69, 9.17) is 16.6 Å². The number of rotatable bonds is 2. The Labute approximate surface area is 130 Å². The van der Waals surface area contributed by atoms with Crippen LogP contribution in [0.4, 0.5) is 0 Å². The molecule has 3 heteroatoms. The number of benzene rings is 2. The van der Waals surface area contributed by atoms with Crippen molar-refractivity contribution in [2.24, 2.45) is 4.99 Å². The first kappa shape index (κ1) is 13.9. The molecule has 2 nitrogen and oxygen atoms in total. The standard InChI is InChI=1S/C18H17ClN2/c1-21(2)12-16-14-10-6-7-11-15(14)17(20-18(16)19)13-8-4-3-5-9-13/h3-12,18H,1-2H3. The molecule has 0 saturated carbocycles. The molecule has 0 saturated heterocycles. The van der Waals surface area contributed by atoms with Crippen molar-refractivity contribution in [1.29, 1.82) is 0 Å². The Kier molecular flexibility index (Phi) is 3.80. The summed E-state index contributed by atoms with van der Waals surface area (Å²) in [4.78, 5) is 6.72. The summed E-state index contributed by atoms with van der Waals surface area (Å²) in [5.41, 5.74) is 5.02. The van der Waals surface area contributed by atoms with Crippen molar-refractivity contribution in [3.63, 3.8) is 0 Å². The smallest absolute Gasteiger partial charge is 0.151 e. The molecule has 1 atom stereocenters. The summed E-state index contributed by atoms with van der Waals surface area (Å²) >= 11 is 6.52. The molecular weight excluding hydrogens is 280 g/mol. The van der Waals surface area contributed by atoms with Gasteiger partial charge in [-0.3, -0.25) is 4.99 Å². The fraction of sp³-hybridized carbons (Fsp3) is 0.167. The van der Waals surface area contributed by atoms with E-state index >= 15 is 0 Å². The van der Waals surface area contributed by atoms with Gasteiger partial charge in [0.15, 0.2) is 5.50 Å². The predicted octanol–water partition coefficient (Wildman–Crippen LogP) is 4.01. The van der Waals surface area contributed by atoms with Crippen LogP contribution in [0.3, 0.4) is 0 Å². The summed E-state index contributed by atoms with van der Waals surface area (Å²) in [5, 5.41) is 0. The normalized spacial score (nSPS) is 19.1. The van der Waals surface area contributed by atoms with Crippen molar-refractivity contribution < 1.29 is 0 Å². The number of alkyl halides is 1. The third kappa shape index (κ3) is 2.72. The van der Waals surface area contributed by atoms with Crippen LogP contribution in [0.25, 0.3) is 5.57 Å². The van der Waals surface area contributed by atoms with Gasteiger partial charge in [0.1, 0.15) is 0 Å². The van der Waals surface area contributed by atoms with Gasteiger partial charge in [0.2, 0.25) is 0 Å². The summed E-state index contributed by atoms with van der Waals surface area (Å²) in [6.07, 6.45) is 2.04. The van der Waals surface area contributed by atoms with Crippen LogP contribution >= 0.6 is 11.6 Å². The third-order valence-corrected chi connectivity index (χ3v) is 3.77. The van der Waals surface area contributed by atoms with Crippen molar-refractivity contribution >= 4 is 22.9 Å². The van der Waals surface area contributed by atoms with Crippen LogP contribution in [-0.4, -0.2) is 30.2 Å². The Balaban J connectivity index is 2.18. The molecule has 2 aromatic carbocycles. The number of hydrogen-bond acceptors (Lipinski definition) is 2.